The summed E-state index contributed by atoms with van der Waals surface area (Å²) in [5, 5.41) is 2.87. The number of aromatic nitrogens is 4. The number of halogens is 3. The van der Waals surface area contributed by atoms with Gasteiger partial charge in [-0.2, -0.15) is 13.2 Å². The van der Waals surface area contributed by atoms with Gasteiger partial charge in [0.25, 0.3) is 5.91 Å². The van der Waals surface area contributed by atoms with Gasteiger partial charge in [0.15, 0.2) is 5.82 Å². The van der Waals surface area contributed by atoms with Gasteiger partial charge >= 0.3 is 12.2 Å². The Morgan fingerprint density at radius 2 is 1.73 bits per heavy atom. The molecule has 190 valence electrons. The average Bonchev–Trinajstić information content (AvgIpc) is 2.92. The number of benzene rings is 2. The number of hydrogen-bond donors (Lipinski definition) is 2. The minimum Gasteiger partial charge on any atom is -0.467 e. The second kappa shape index (κ2) is 10.7. The van der Waals surface area contributed by atoms with Crippen LogP contribution in [-0.2, 0) is 12.7 Å². The number of ether oxygens (including phenoxy) is 1. The van der Waals surface area contributed by atoms with Crippen LogP contribution >= 0.6 is 0 Å². The minimum atomic E-state index is -4.46. The molecule has 1 atom stereocenters. The third-order valence-corrected chi connectivity index (χ3v) is 5.68. The molecular formula is C26H23F3N6O2. The molecule has 4 rings (SSSR count). The lowest BCUT2D eigenvalue weighted by molar-refractivity contribution is -0.137. The number of rotatable bonds is 7. The highest BCUT2D eigenvalue weighted by Crippen LogP contribution is 2.34. The second-order valence-corrected chi connectivity index (χ2v) is 8.11. The van der Waals surface area contributed by atoms with Gasteiger partial charge < -0.3 is 15.8 Å². The van der Waals surface area contributed by atoms with E-state index in [0.29, 0.717) is 22.3 Å². The molecule has 11 heteroatoms. The van der Waals surface area contributed by atoms with Crippen LogP contribution in [0.5, 0.6) is 6.01 Å². The molecule has 4 aromatic rings. The van der Waals surface area contributed by atoms with Crippen LogP contribution in [0, 0.1) is 0 Å². The number of nitrogens with two attached hydrogens (primary N) is 1. The zero-order valence-corrected chi connectivity index (χ0v) is 20.0. The molecule has 2 aromatic carbocycles. The molecule has 1 amide bonds. The lowest BCUT2D eigenvalue weighted by atomic mass is 9.95. The van der Waals surface area contributed by atoms with E-state index in [2.05, 4.69) is 25.3 Å². The number of alkyl halides is 3. The summed E-state index contributed by atoms with van der Waals surface area (Å²) >= 11 is 0. The molecule has 0 aliphatic carbocycles. The molecule has 0 saturated carbocycles. The van der Waals surface area contributed by atoms with Crippen LogP contribution in [-0.4, -0.2) is 33.0 Å². The lowest BCUT2D eigenvalue weighted by Crippen LogP contribution is -2.27. The molecule has 0 fully saturated rings. The Morgan fingerprint density at radius 1 is 1.03 bits per heavy atom. The van der Waals surface area contributed by atoms with Crippen LogP contribution in [0.2, 0.25) is 0 Å². The zero-order valence-electron chi connectivity index (χ0n) is 20.0. The fourth-order valence-corrected chi connectivity index (χ4v) is 3.67. The SMILES string of the molecule is COc1ncc(-c2nccc(C(=O)N[C@H](C)c3ccc(-c4cc(C(F)(F)F)ccc4CN)cc3)n2)cn1. The van der Waals surface area contributed by atoms with Crippen molar-refractivity contribution in [1.29, 1.82) is 0 Å². The first-order chi connectivity index (χ1) is 17.7. The second-order valence-electron chi connectivity index (χ2n) is 8.11. The van der Waals surface area contributed by atoms with E-state index < -0.39 is 23.7 Å². The van der Waals surface area contributed by atoms with Crippen LogP contribution in [0.25, 0.3) is 22.5 Å². The number of carbonyl (C=O) groups excluding carboxylic acids is 1. The van der Waals surface area contributed by atoms with E-state index in [4.69, 9.17) is 10.5 Å². The highest BCUT2D eigenvalue weighted by molar-refractivity contribution is 5.92. The Bertz CT molecular complexity index is 1390. The number of carbonyl (C=O) groups is 1. The molecule has 0 spiro atoms. The molecular weight excluding hydrogens is 485 g/mol. The van der Waals surface area contributed by atoms with Gasteiger partial charge in [-0.15, -0.1) is 0 Å². The van der Waals surface area contributed by atoms with E-state index in [1.165, 1.54) is 37.8 Å². The monoisotopic (exact) mass is 508 g/mol. The largest absolute Gasteiger partial charge is 0.467 e. The third-order valence-electron chi connectivity index (χ3n) is 5.68. The Labute approximate surface area is 210 Å². The van der Waals surface area contributed by atoms with Gasteiger partial charge in [0.2, 0.25) is 0 Å². The van der Waals surface area contributed by atoms with Crippen molar-refractivity contribution < 1.29 is 22.7 Å². The maximum atomic E-state index is 13.2. The van der Waals surface area contributed by atoms with E-state index in [-0.39, 0.29) is 24.1 Å². The van der Waals surface area contributed by atoms with E-state index in [1.54, 1.807) is 31.2 Å². The molecule has 0 saturated heterocycles. The maximum absolute atomic E-state index is 13.2. The third kappa shape index (κ3) is 5.89. The molecule has 0 radical (unpaired) electrons. The molecule has 0 bridgehead atoms. The summed E-state index contributed by atoms with van der Waals surface area (Å²) in [7, 11) is 1.45. The Morgan fingerprint density at radius 3 is 2.35 bits per heavy atom. The Balaban J connectivity index is 1.50. The average molecular weight is 509 g/mol. The first-order valence-corrected chi connectivity index (χ1v) is 11.2. The van der Waals surface area contributed by atoms with Crippen molar-refractivity contribution in [2.75, 3.05) is 7.11 Å². The molecule has 37 heavy (non-hydrogen) atoms. The molecule has 3 N–H and O–H groups in total. The number of nitrogens with one attached hydrogen (secondary N) is 1. The van der Waals surface area contributed by atoms with Crippen molar-refractivity contribution in [2.24, 2.45) is 5.73 Å². The van der Waals surface area contributed by atoms with Crippen molar-refractivity contribution in [3.8, 4) is 28.5 Å². The van der Waals surface area contributed by atoms with Gasteiger partial charge in [-0.25, -0.2) is 19.9 Å². The lowest BCUT2D eigenvalue weighted by Gasteiger charge is -2.16. The summed E-state index contributed by atoms with van der Waals surface area (Å²) in [5.41, 5.74) is 8.04. The maximum Gasteiger partial charge on any atom is 0.416 e. The number of hydrogen-bond acceptors (Lipinski definition) is 7. The van der Waals surface area contributed by atoms with E-state index >= 15 is 0 Å². The van der Waals surface area contributed by atoms with Gasteiger partial charge in [0, 0.05) is 25.1 Å². The van der Waals surface area contributed by atoms with Crippen molar-refractivity contribution in [3.05, 3.63) is 89.5 Å². The van der Waals surface area contributed by atoms with Crippen molar-refractivity contribution in [3.63, 3.8) is 0 Å². The van der Waals surface area contributed by atoms with Crippen LogP contribution in [0.3, 0.4) is 0 Å². The summed E-state index contributed by atoms with van der Waals surface area (Å²) in [6.07, 6.45) is -0.00602. The summed E-state index contributed by atoms with van der Waals surface area (Å²) in [4.78, 5) is 29.3. The predicted molar refractivity (Wildman–Crippen MR) is 130 cm³/mol. The Kier molecular flexibility index (Phi) is 7.44. The summed E-state index contributed by atoms with van der Waals surface area (Å²) in [6, 6.07) is 11.7. The van der Waals surface area contributed by atoms with Crippen LogP contribution in [0.4, 0.5) is 13.2 Å². The first-order valence-electron chi connectivity index (χ1n) is 11.2. The summed E-state index contributed by atoms with van der Waals surface area (Å²) in [5.74, 6) is -0.137. The van der Waals surface area contributed by atoms with Crippen molar-refractivity contribution in [1.82, 2.24) is 25.3 Å². The normalized spacial score (nSPS) is 12.2. The predicted octanol–water partition coefficient (Wildman–Crippen LogP) is 4.58. The van der Waals surface area contributed by atoms with Crippen LogP contribution in [0.15, 0.2) is 67.1 Å². The topological polar surface area (TPSA) is 116 Å². The molecule has 2 aromatic heterocycles. The minimum absolute atomic E-state index is 0.102. The zero-order chi connectivity index (χ0) is 26.6. The number of methoxy groups -OCH3 is 1. The highest BCUT2D eigenvalue weighted by atomic mass is 19.4. The Hall–Kier alpha value is -4.38. The highest BCUT2D eigenvalue weighted by Gasteiger charge is 2.31. The molecule has 0 aliphatic heterocycles. The summed E-state index contributed by atoms with van der Waals surface area (Å²) < 4.78 is 44.6. The first kappa shape index (κ1) is 25.7. The fourth-order valence-electron chi connectivity index (χ4n) is 3.67. The molecule has 0 aliphatic rings. The van der Waals surface area contributed by atoms with E-state index in [9.17, 15) is 18.0 Å². The fraction of sp³-hybridized carbons (Fsp3) is 0.192. The van der Waals surface area contributed by atoms with Crippen molar-refractivity contribution in [2.45, 2.75) is 25.7 Å². The van der Waals surface area contributed by atoms with E-state index in [1.807, 2.05) is 0 Å². The number of nitrogens with zero attached hydrogens (tertiary/aromatic N) is 4. The molecule has 8 nitrogen and oxygen atoms in total. The van der Waals surface area contributed by atoms with E-state index in [0.717, 1.165) is 17.7 Å². The summed E-state index contributed by atoms with van der Waals surface area (Å²) in [6.45, 7) is 1.90. The number of amides is 1. The molecule has 0 unspecified atom stereocenters. The van der Waals surface area contributed by atoms with Crippen LogP contribution < -0.4 is 15.8 Å². The van der Waals surface area contributed by atoms with Gasteiger partial charge in [-0.05, 0) is 47.4 Å². The van der Waals surface area contributed by atoms with Crippen molar-refractivity contribution >= 4 is 5.91 Å². The van der Waals surface area contributed by atoms with Gasteiger partial charge in [-0.3, -0.25) is 4.79 Å². The smallest absolute Gasteiger partial charge is 0.416 e. The van der Waals surface area contributed by atoms with Crippen LogP contribution in [0.1, 0.15) is 40.1 Å². The van der Waals surface area contributed by atoms with Gasteiger partial charge in [0.1, 0.15) is 5.69 Å². The van der Waals surface area contributed by atoms with Gasteiger partial charge in [-0.1, -0.05) is 30.3 Å². The molecule has 2 heterocycles. The quantitative estimate of drug-likeness (QED) is 0.375. The van der Waals surface area contributed by atoms with Gasteiger partial charge in [0.05, 0.1) is 24.3 Å². The standard InChI is InChI=1S/C26H23F3N6O2/c1-15(34-24(36)22-9-10-31-23(35-22)19-13-32-25(37-2)33-14-19)16-3-5-17(6-4-16)21-11-20(26(27,28)29)8-7-18(21)12-30/h3-11,13-15H,12,30H2,1-2H3,(H,34,36)/t15-/m1/s1.